The lowest BCUT2D eigenvalue weighted by atomic mass is 10.1. The van der Waals surface area contributed by atoms with Crippen LogP contribution in [0.1, 0.15) is 33.6 Å². The van der Waals surface area contributed by atoms with Crippen LogP contribution in [0.2, 0.25) is 0 Å². The van der Waals surface area contributed by atoms with Crippen LogP contribution in [0.25, 0.3) is 0 Å². The number of unbranched alkanes of at least 4 members (excludes halogenated alkanes) is 1. The van der Waals surface area contributed by atoms with Gasteiger partial charge in [0.15, 0.2) is 0 Å². The molecule has 0 radical (unpaired) electrons. The number of nitro benzene ring substituents is 1. The van der Waals surface area contributed by atoms with Crippen molar-refractivity contribution >= 4 is 17.5 Å². The Morgan fingerprint density at radius 2 is 1.95 bits per heavy atom. The van der Waals surface area contributed by atoms with Gasteiger partial charge in [-0.05, 0) is 25.5 Å². The van der Waals surface area contributed by atoms with E-state index in [2.05, 4.69) is 0 Å². The van der Waals surface area contributed by atoms with Crippen LogP contribution >= 0.6 is 0 Å². The van der Waals surface area contributed by atoms with Gasteiger partial charge in [-0.15, -0.1) is 0 Å². The molecule has 0 atom stereocenters. The van der Waals surface area contributed by atoms with Crippen molar-refractivity contribution in [2.24, 2.45) is 5.73 Å². The highest BCUT2D eigenvalue weighted by Gasteiger charge is 2.40. The highest BCUT2D eigenvalue weighted by Crippen LogP contribution is 2.30. The number of carbonyl (C=O) groups is 2. The molecule has 7 nitrogen and oxygen atoms in total. The first-order chi connectivity index (χ1) is 9.07. The van der Waals surface area contributed by atoms with E-state index < -0.39 is 16.7 Å². The number of nitro groups is 1. The monoisotopic (exact) mass is 263 g/mol. The Morgan fingerprint density at radius 1 is 1.21 bits per heavy atom. The molecule has 0 aliphatic carbocycles. The van der Waals surface area contributed by atoms with E-state index in [1.54, 1.807) is 0 Å². The Labute approximate surface area is 109 Å². The van der Waals surface area contributed by atoms with Crippen molar-refractivity contribution in [1.82, 2.24) is 4.90 Å². The lowest BCUT2D eigenvalue weighted by molar-refractivity contribution is -0.385. The molecule has 7 heteroatoms. The predicted molar refractivity (Wildman–Crippen MR) is 66.8 cm³/mol. The molecule has 0 bridgehead atoms. The van der Waals surface area contributed by atoms with Gasteiger partial charge in [-0.1, -0.05) is 6.07 Å². The van der Waals surface area contributed by atoms with E-state index in [0.29, 0.717) is 19.4 Å². The average molecular weight is 263 g/mol. The van der Waals surface area contributed by atoms with E-state index in [4.69, 9.17) is 5.73 Å². The summed E-state index contributed by atoms with van der Waals surface area (Å²) in [7, 11) is 0. The van der Waals surface area contributed by atoms with Crippen LogP contribution in [0.3, 0.4) is 0 Å². The number of nitrogens with zero attached hydrogens (tertiary/aromatic N) is 2. The maximum atomic E-state index is 12.1. The second kappa shape index (κ2) is 5.15. The van der Waals surface area contributed by atoms with Gasteiger partial charge in [0, 0.05) is 12.6 Å². The van der Waals surface area contributed by atoms with E-state index in [-0.39, 0.29) is 23.4 Å². The first kappa shape index (κ1) is 13.2. The molecule has 0 saturated carbocycles. The second-order valence-electron chi connectivity index (χ2n) is 4.21. The smallest absolute Gasteiger partial charge is 0.282 e. The zero-order chi connectivity index (χ0) is 14.0. The number of benzene rings is 1. The minimum atomic E-state index is -0.645. The van der Waals surface area contributed by atoms with E-state index in [0.717, 1.165) is 4.90 Å². The molecule has 1 aliphatic rings. The van der Waals surface area contributed by atoms with Crippen LogP contribution < -0.4 is 5.73 Å². The summed E-state index contributed by atoms with van der Waals surface area (Å²) in [5.74, 6) is -1.06. The Hall–Kier alpha value is -2.28. The maximum absolute atomic E-state index is 12.1. The van der Waals surface area contributed by atoms with Crippen molar-refractivity contribution in [3.8, 4) is 0 Å². The summed E-state index contributed by atoms with van der Waals surface area (Å²) in [6.45, 7) is 0.712. The lowest BCUT2D eigenvalue weighted by Gasteiger charge is -2.12. The highest BCUT2D eigenvalue weighted by atomic mass is 16.6. The third kappa shape index (κ3) is 2.19. The van der Waals surface area contributed by atoms with Gasteiger partial charge in [-0.2, -0.15) is 0 Å². The standard InChI is InChI=1S/C12H13N3O4/c13-6-1-2-7-14-11(16)8-4-3-5-9(15(18)19)10(8)12(14)17/h3-5H,1-2,6-7,13H2. The predicted octanol–water partition coefficient (Wildman–Crippen LogP) is 0.930. The van der Waals surface area contributed by atoms with Gasteiger partial charge >= 0.3 is 0 Å². The summed E-state index contributed by atoms with van der Waals surface area (Å²) in [6.07, 6.45) is 1.28. The van der Waals surface area contributed by atoms with Crippen molar-refractivity contribution in [2.75, 3.05) is 13.1 Å². The SMILES string of the molecule is NCCCCN1C(=O)c2cccc([N+](=O)[O-])c2C1=O. The van der Waals surface area contributed by atoms with E-state index >= 15 is 0 Å². The number of hydrogen-bond acceptors (Lipinski definition) is 5. The van der Waals surface area contributed by atoms with E-state index in [1.807, 2.05) is 0 Å². The minimum absolute atomic E-state index is 0.104. The average Bonchev–Trinajstić information content (AvgIpc) is 2.64. The molecule has 1 aromatic carbocycles. The number of imide groups is 1. The molecule has 100 valence electrons. The fourth-order valence-corrected chi connectivity index (χ4v) is 2.09. The van der Waals surface area contributed by atoms with Crippen molar-refractivity contribution in [3.63, 3.8) is 0 Å². The molecule has 0 aromatic heterocycles. The molecule has 0 fully saturated rings. The molecule has 2 rings (SSSR count). The number of amides is 2. The molecule has 1 aliphatic heterocycles. The van der Waals surface area contributed by atoms with Crippen LogP contribution in [0, 0.1) is 10.1 Å². The van der Waals surface area contributed by atoms with Crippen LogP contribution in [0.5, 0.6) is 0 Å². The second-order valence-corrected chi connectivity index (χ2v) is 4.21. The van der Waals surface area contributed by atoms with Crippen LogP contribution in [-0.4, -0.2) is 34.7 Å². The largest absolute Gasteiger partial charge is 0.330 e. The quantitative estimate of drug-likeness (QED) is 0.368. The topological polar surface area (TPSA) is 107 Å². The molecule has 1 heterocycles. The van der Waals surface area contributed by atoms with Gasteiger partial charge < -0.3 is 5.73 Å². The normalized spacial score (nSPS) is 13.8. The number of nitrogens with two attached hydrogens (primary N) is 1. The van der Waals surface area contributed by atoms with Gasteiger partial charge in [-0.3, -0.25) is 24.6 Å². The van der Waals surface area contributed by atoms with Crippen molar-refractivity contribution < 1.29 is 14.5 Å². The van der Waals surface area contributed by atoms with Gasteiger partial charge in [0.05, 0.1) is 10.5 Å². The molecular formula is C12H13N3O4. The number of hydrogen-bond donors (Lipinski definition) is 1. The fraction of sp³-hybridized carbons (Fsp3) is 0.333. The molecule has 0 saturated heterocycles. The first-order valence-corrected chi connectivity index (χ1v) is 5.91. The minimum Gasteiger partial charge on any atom is -0.330 e. The van der Waals surface area contributed by atoms with Crippen molar-refractivity contribution in [3.05, 3.63) is 39.4 Å². The molecular weight excluding hydrogens is 250 g/mol. The zero-order valence-corrected chi connectivity index (χ0v) is 10.2. The highest BCUT2D eigenvalue weighted by molar-refractivity contribution is 6.23. The number of rotatable bonds is 5. The van der Waals surface area contributed by atoms with Crippen molar-refractivity contribution in [1.29, 1.82) is 0 Å². The number of fused-ring (bicyclic) bond motifs is 1. The Balaban J connectivity index is 2.33. The first-order valence-electron chi connectivity index (χ1n) is 5.91. The summed E-state index contributed by atoms with van der Waals surface area (Å²) < 4.78 is 0. The van der Waals surface area contributed by atoms with Gasteiger partial charge in [0.25, 0.3) is 17.5 Å². The molecule has 2 amide bonds. The summed E-state index contributed by atoms with van der Waals surface area (Å²) >= 11 is 0. The Kier molecular flexibility index (Phi) is 3.57. The molecule has 0 unspecified atom stereocenters. The lowest BCUT2D eigenvalue weighted by Crippen LogP contribution is -2.31. The third-order valence-electron chi connectivity index (χ3n) is 3.01. The van der Waals surface area contributed by atoms with Gasteiger partial charge in [0.2, 0.25) is 0 Å². The molecule has 1 aromatic rings. The van der Waals surface area contributed by atoms with Gasteiger partial charge in [0.1, 0.15) is 5.56 Å². The summed E-state index contributed by atoms with van der Waals surface area (Å²) in [6, 6.07) is 4.07. The molecule has 2 N–H and O–H groups in total. The maximum Gasteiger partial charge on any atom is 0.282 e. The number of carbonyl (C=O) groups excluding carboxylic acids is 2. The summed E-state index contributed by atoms with van der Waals surface area (Å²) in [5, 5.41) is 10.9. The Bertz CT molecular complexity index is 556. The zero-order valence-electron chi connectivity index (χ0n) is 10.2. The van der Waals surface area contributed by atoms with E-state index in [1.165, 1.54) is 18.2 Å². The fourth-order valence-electron chi connectivity index (χ4n) is 2.09. The van der Waals surface area contributed by atoms with Crippen LogP contribution in [0.4, 0.5) is 5.69 Å². The van der Waals surface area contributed by atoms with Crippen molar-refractivity contribution in [2.45, 2.75) is 12.8 Å². The van der Waals surface area contributed by atoms with Crippen LogP contribution in [0.15, 0.2) is 18.2 Å². The molecule has 19 heavy (non-hydrogen) atoms. The third-order valence-corrected chi connectivity index (χ3v) is 3.01. The Morgan fingerprint density at radius 3 is 2.58 bits per heavy atom. The van der Waals surface area contributed by atoms with E-state index in [9.17, 15) is 19.7 Å². The van der Waals surface area contributed by atoms with Crippen LogP contribution in [-0.2, 0) is 0 Å². The summed E-state index contributed by atoms with van der Waals surface area (Å²) in [4.78, 5) is 35.4. The summed E-state index contributed by atoms with van der Waals surface area (Å²) in [5.41, 5.74) is 5.03. The molecule has 0 spiro atoms. The van der Waals surface area contributed by atoms with Gasteiger partial charge in [-0.25, -0.2) is 0 Å².